The molecule has 3 heteroatoms. The van der Waals surface area contributed by atoms with Gasteiger partial charge in [-0.05, 0) is 18.6 Å². The van der Waals surface area contributed by atoms with Crippen LogP contribution < -0.4 is 5.73 Å². The van der Waals surface area contributed by atoms with Gasteiger partial charge in [-0.2, -0.15) is 0 Å². The third kappa shape index (κ3) is 2.36. The lowest BCUT2D eigenvalue weighted by molar-refractivity contribution is 0.576. The van der Waals surface area contributed by atoms with Gasteiger partial charge in [-0.15, -0.1) is 0 Å². The molecule has 0 radical (unpaired) electrons. The molecule has 2 N–H and O–H groups in total. The van der Waals surface area contributed by atoms with E-state index in [-0.39, 0.29) is 0 Å². The number of halogens is 2. The molecule has 0 aliphatic heterocycles. The van der Waals surface area contributed by atoms with Crippen LogP contribution in [-0.4, -0.2) is 6.54 Å². The normalized spacial score (nSPS) is 11.1. The van der Waals surface area contributed by atoms with Gasteiger partial charge in [0.25, 0.3) is 0 Å². The highest BCUT2D eigenvalue weighted by Gasteiger charge is 2.03. The number of hydrogen-bond acceptors (Lipinski definition) is 1. The third-order valence-corrected chi connectivity index (χ3v) is 1.71. The Balaban J connectivity index is 3.08. The summed E-state index contributed by atoms with van der Waals surface area (Å²) in [5, 5.41) is 0. The van der Waals surface area contributed by atoms with Crippen LogP contribution in [0.3, 0.4) is 0 Å². The van der Waals surface area contributed by atoms with Crippen molar-refractivity contribution in [2.24, 2.45) is 5.73 Å². The second-order valence-corrected chi connectivity index (χ2v) is 2.76. The van der Waals surface area contributed by atoms with Gasteiger partial charge in [0.2, 0.25) is 0 Å². The van der Waals surface area contributed by atoms with Gasteiger partial charge in [-0.3, -0.25) is 0 Å². The average molecular weight is 183 g/mol. The van der Waals surface area contributed by atoms with Gasteiger partial charge in [0.05, 0.1) is 0 Å². The smallest absolute Gasteiger partial charge is 0.133 e. The van der Waals surface area contributed by atoms with Crippen LogP contribution in [0.5, 0.6) is 0 Å². The second kappa shape index (κ2) is 4.14. The van der Waals surface area contributed by atoms with Crippen LogP contribution in [0.15, 0.2) is 18.2 Å². The number of hydrogen-bond donors (Lipinski definition) is 1. The minimum atomic E-state index is -0.562. The Morgan fingerprint density at radius 1 is 1.31 bits per heavy atom. The minimum absolute atomic E-state index is 0.343. The average Bonchev–Trinajstić information content (AvgIpc) is 2.09. The fourth-order valence-electron chi connectivity index (χ4n) is 1.00. The molecule has 0 saturated heterocycles. The highest BCUT2D eigenvalue weighted by molar-refractivity contribution is 5.51. The molecular weight excluding hydrogens is 172 g/mol. The molecule has 70 valence electrons. The van der Waals surface area contributed by atoms with Gasteiger partial charge in [0, 0.05) is 18.2 Å². The van der Waals surface area contributed by atoms with E-state index >= 15 is 0 Å². The summed E-state index contributed by atoms with van der Waals surface area (Å²) >= 11 is 0. The maximum atomic E-state index is 13.0. The zero-order chi connectivity index (χ0) is 9.84. The number of nitrogens with two attached hydrogens (primary N) is 1. The van der Waals surface area contributed by atoms with E-state index in [9.17, 15) is 8.78 Å². The lowest BCUT2D eigenvalue weighted by Crippen LogP contribution is -1.93. The van der Waals surface area contributed by atoms with E-state index in [0.717, 1.165) is 6.07 Å². The molecule has 0 amide bonds. The van der Waals surface area contributed by atoms with Crippen molar-refractivity contribution in [2.75, 3.05) is 6.54 Å². The maximum Gasteiger partial charge on any atom is 0.133 e. The molecule has 1 aromatic rings. The van der Waals surface area contributed by atoms with Crippen molar-refractivity contribution in [1.29, 1.82) is 0 Å². The van der Waals surface area contributed by atoms with Crippen molar-refractivity contribution in [3.05, 3.63) is 41.0 Å². The summed E-state index contributed by atoms with van der Waals surface area (Å²) in [6, 6.07) is 2.34. The number of rotatable bonds is 2. The van der Waals surface area contributed by atoms with Crippen molar-refractivity contribution >= 4 is 6.08 Å². The topological polar surface area (TPSA) is 26.0 Å². The fraction of sp³-hybridized carbons (Fsp3) is 0.200. The highest BCUT2D eigenvalue weighted by Crippen LogP contribution is 2.15. The fourth-order valence-corrected chi connectivity index (χ4v) is 1.00. The molecule has 0 heterocycles. The van der Waals surface area contributed by atoms with Crippen molar-refractivity contribution < 1.29 is 8.78 Å². The molecule has 0 aromatic heterocycles. The summed E-state index contributed by atoms with van der Waals surface area (Å²) in [6.07, 6.45) is 3.16. The zero-order valence-electron chi connectivity index (χ0n) is 7.35. The Morgan fingerprint density at radius 3 is 2.62 bits per heavy atom. The monoisotopic (exact) mass is 183 g/mol. The van der Waals surface area contributed by atoms with E-state index in [1.165, 1.54) is 6.07 Å². The van der Waals surface area contributed by atoms with E-state index in [1.54, 1.807) is 19.1 Å². The minimum Gasteiger partial charge on any atom is -0.327 e. The Bertz CT molecular complexity index is 332. The summed E-state index contributed by atoms with van der Waals surface area (Å²) in [4.78, 5) is 0. The first-order chi connectivity index (χ1) is 6.15. The van der Waals surface area contributed by atoms with E-state index in [2.05, 4.69) is 0 Å². The Kier molecular flexibility index (Phi) is 3.14. The maximum absolute atomic E-state index is 13.0. The molecule has 0 atom stereocenters. The molecule has 0 unspecified atom stereocenters. The van der Waals surface area contributed by atoms with Crippen LogP contribution in [0.4, 0.5) is 8.78 Å². The first-order valence-corrected chi connectivity index (χ1v) is 3.97. The van der Waals surface area contributed by atoms with Gasteiger partial charge >= 0.3 is 0 Å². The molecule has 0 fully saturated rings. The first kappa shape index (κ1) is 9.86. The summed E-state index contributed by atoms with van der Waals surface area (Å²) in [5.41, 5.74) is 6.00. The summed E-state index contributed by atoms with van der Waals surface area (Å²) < 4.78 is 25.8. The molecule has 0 aliphatic carbocycles. The Morgan fingerprint density at radius 2 is 2.00 bits per heavy atom. The number of aryl methyl sites for hydroxylation is 1. The van der Waals surface area contributed by atoms with Gasteiger partial charge < -0.3 is 5.73 Å². The molecule has 13 heavy (non-hydrogen) atoms. The van der Waals surface area contributed by atoms with Crippen LogP contribution in [-0.2, 0) is 0 Å². The van der Waals surface area contributed by atoms with Crippen LogP contribution >= 0.6 is 0 Å². The molecule has 1 nitrogen and oxygen atoms in total. The first-order valence-electron chi connectivity index (χ1n) is 3.97. The molecular formula is C10H11F2N. The SMILES string of the molecule is Cc1cc(C=CCN)c(F)cc1F. The van der Waals surface area contributed by atoms with E-state index in [1.807, 2.05) is 0 Å². The van der Waals surface area contributed by atoms with Gasteiger partial charge in [0.15, 0.2) is 0 Å². The van der Waals surface area contributed by atoms with Crippen LogP contribution in [0.1, 0.15) is 11.1 Å². The largest absolute Gasteiger partial charge is 0.327 e. The van der Waals surface area contributed by atoms with Crippen LogP contribution in [0, 0.1) is 18.6 Å². The Labute approximate surface area is 75.9 Å². The highest BCUT2D eigenvalue weighted by atomic mass is 19.1. The lowest BCUT2D eigenvalue weighted by atomic mass is 10.1. The van der Waals surface area contributed by atoms with Crippen molar-refractivity contribution in [3.63, 3.8) is 0 Å². The summed E-state index contributed by atoms with van der Waals surface area (Å²) in [5.74, 6) is -1.09. The van der Waals surface area contributed by atoms with Crippen molar-refractivity contribution in [3.8, 4) is 0 Å². The second-order valence-electron chi connectivity index (χ2n) is 2.76. The predicted octanol–water partition coefficient (Wildman–Crippen LogP) is 2.25. The van der Waals surface area contributed by atoms with E-state index in [0.29, 0.717) is 17.7 Å². The van der Waals surface area contributed by atoms with Gasteiger partial charge in [0.1, 0.15) is 11.6 Å². The quantitative estimate of drug-likeness (QED) is 0.747. The molecule has 0 bridgehead atoms. The molecule has 1 aromatic carbocycles. The number of benzene rings is 1. The van der Waals surface area contributed by atoms with Gasteiger partial charge in [-0.1, -0.05) is 12.2 Å². The molecule has 0 saturated carbocycles. The van der Waals surface area contributed by atoms with Crippen molar-refractivity contribution in [2.45, 2.75) is 6.92 Å². The molecule has 1 rings (SSSR count). The Hall–Kier alpha value is -1.22. The predicted molar refractivity (Wildman–Crippen MR) is 49.2 cm³/mol. The summed E-state index contributed by atoms with van der Waals surface area (Å²) in [7, 11) is 0. The van der Waals surface area contributed by atoms with Gasteiger partial charge in [-0.25, -0.2) is 8.78 Å². The lowest BCUT2D eigenvalue weighted by Gasteiger charge is -2.00. The standard InChI is InChI=1S/C10H11F2N/c1-7-5-8(3-2-4-13)10(12)6-9(7)11/h2-3,5-6H,4,13H2,1H3. The van der Waals surface area contributed by atoms with E-state index < -0.39 is 11.6 Å². The summed E-state index contributed by atoms with van der Waals surface area (Å²) in [6.45, 7) is 1.93. The van der Waals surface area contributed by atoms with Crippen molar-refractivity contribution in [1.82, 2.24) is 0 Å². The third-order valence-electron chi connectivity index (χ3n) is 1.71. The van der Waals surface area contributed by atoms with Crippen LogP contribution in [0.2, 0.25) is 0 Å². The zero-order valence-corrected chi connectivity index (χ0v) is 7.35. The molecule has 0 spiro atoms. The van der Waals surface area contributed by atoms with Crippen LogP contribution in [0.25, 0.3) is 6.08 Å². The van der Waals surface area contributed by atoms with E-state index in [4.69, 9.17) is 5.73 Å². The molecule has 0 aliphatic rings.